The molecule has 1 N–H and O–H groups in total. The second-order valence-corrected chi connectivity index (χ2v) is 8.96. The van der Waals surface area contributed by atoms with Crippen LogP contribution in [-0.4, -0.2) is 32.8 Å². The Kier molecular flexibility index (Phi) is 7.28. The lowest BCUT2D eigenvalue weighted by Crippen LogP contribution is -2.37. The molecule has 1 saturated heterocycles. The van der Waals surface area contributed by atoms with Crippen molar-refractivity contribution >= 4 is 58.0 Å². The van der Waals surface area contributed by atoms with E-state index in [0.29, 0.717) is 33.9 Å². The summed E-state index contributed by atoms with van der Waals surface area (Å²) in [4.78, 5) is 29.6. The molecule has 2 amide bonds. The van der Waals surface area contributed by atoms with Crippen LogP contribution in [0.3, 0.4) is 0 Å². The fourth-order valence-electron chi connectivity index (χ4n) is 3.69. The number of thiocarbonyl (C=S) groups is 1. The van der Waals surface area contributed by atoms with Crippen LogP contribution in [0, 0.1) is 0 Å². The van der Waals surface area contributed by atoms with Crippen LogP contribution in [0.4, 0.5) is 5.69 Å². The van der Waals surface area contributed by atoms with Gasteiger partial charge in [-0.3, -0.25) is 14.5 Å². The Morgan fingerprint density at radius 1 is 0.848 bits per heavy atom. The molecule has 0 unspecified atom stereocenters. The minimum absolute atomic E-state index is 0.0273. The van der Waals surface area contributed by atoms with Gasteiger partial charge in [-0.1, -0.05) is 65.7 Å². The summed E-state index contributed by atoms with van der Waals surface area (Å²) >= 11 is 17.6. The maximum Gasteiger partial charge on any atom is 0.252 e. The third-order valence-corrected chi connectivity index (χ3v) is 6.32. The Bertz CT molecular complexity index is 1150. The maximum absolute atomic E-state index is 13.4. The summed E-state index contributed by atoms with van der Waals surface area (Å²) in [7, 11) is 0. The largest absolute Gasteiger partial charge is 0.332 e. The highest BCUT2D eigenvalue weighted by Gasteiger charge is 2.43. The van der Waals surface area contributed by atoms with Gasteiger partial charge < -0.3 is 10.2 Å². The maximum atomic E-state index is 13.4. The highest BCUT2D eigenvalue weighted by molar-refractivity contribution is 7.80. The van der Waals surface area contributed by atoms with Gasteiger partial charge in [-0.25, -0.2) is 0 Å². The second-order valence-electron chi connectivity index (χ2n) is 7.72. The van der Waals surface area contributed by atoms with Crippen molar-refractivity contribution < 1.29 is 9.59 Å². The molecule has 4 rings (SSSR count). The second kappa shape index (κ2) is 10.3. The van der Waals surface area contributed by atoms with E-state index < -0.39 is 6.04 Å². The number of nitrogens with one attached hydrogen (secondary N) is 1. The van der Waals surface area contributed by atoms with E-state index in [9.17, 15) is 9.59 Å². The molecule has 0 aliphatic carbocycles. The van der Waals surface area contributed by atoms with Crippen molar-refractivity contribution in [2.45, 2.75) is 25.6 Å². The number of benzene rings is 3. The highest BCUT2D eigenvalue weighted by atomic mass is 35.5. The fourth-order valence-corrected chi connectivity index (χ4v) is 4.29. The summed E-state index contributed by atoms with van der Waals surface area (Å²) < 4.78 is 0. The third-order valence-electron chi connectivity index (χ3n) is 5.36. The normalized spacial score (nSPS) is 15.8. The Morgan fingerprint density at radius 2 is 1.42 bits per heavy atom. The van der Waals surface area contributed by atoms with Crippen LogP contribution < -0.4 is 5.32 Å². The van der Waals surface area contributed by atoms with Crippen molar-refractivity contribution in [3.8, 4) is 0 Å². The molecular weight excluding hydrogens is 477 g/mol. The zero-order valence-corrected chi connectivity index (χ0v) is 19.9. The number of carbonyl (C=O) groups excluding carboxylic acids is 2. The zero-order valence-electron chi connectivity index (χ0n) is 17.6. The number of rotatable bonds is 7. The Balaban J connectivity index is 1.55. The lowest BCUT2D eigenvalue weighted by Gasteiger charge is -2.24. The predicted octanol–water partition coefficient (Wildman–Crippen LogP) is 5.52. The van der Waals surface area contributed by atoms with Gasteiger partial charge in [-0.15, -0.1) is 0 Å². The van der Waals surface area contributed by atoms with Crippen LogP contribution in [0.15, 0.2) is 78.9 Å². The van der Waals surface area contributed by atoms with Gasteiger partial charge in [-0.05, 0) is 59.7 Å². The summed E-state index contributed by atoms with van der Waals surface area (Å²) in [5.41, 5.74) is 2.52. The van der Waals surface area contributed by atoms with Crippen molar-refractivity contribution in [3.63, 3.8) is 0 Å². The first-order valence-electron chi connectivity index (χ1n) is 10.4. The Morgan fingerprint density at radius 3 is 2.06 bits per heavy atom. The number of amides is 2. The van der Waals surface area contributed by atoms with E-state index in [4.69, 9.17) is 35.4 Å². The van der Waals surface area contributed by atoms with Gasteiger partial charge in [0.1, 0.15) is 6.04 Å². The number of halogens is 2. The number of hydrogen-bond donors (Lipinski definition) is 1. The quantitative estimate of drug-likeness (QED) is 0.436. The smallest absolute Gasteiger partial charge is 0.252 e. The van der Waals surface area contributed by atoms with Crippen LogP contribution >= 0.6 is 35.4 Å². The molecule has 3 aromatic rings. The molecule has 0 bridgehead atoms. The van der Waals surface area contributed by atoms with E-state index >= 15 is 0 Å². The molecule has 1 heterocycles. The van der Waals surface area contributed by atoms with E-state index in [-0.39, 0.29) is 18.2 Å². The summed E-state index contributed by atoms with van der Waals surface area (Å²) in [6.07, 6.45) is -0.0273. The van der Waals surface area contributed by atoms with Gasteiger partial charge in [0.05, 0.1) is 13.0 Å². The summed E-state index contributed by atoms with van der Waals surface area (Å²) in [5.74, 6) is -0.467. The average molecular weight is 498 g/mol. The molecule has 5 nitrogen and oxygen atoms in total. The van der Waals surface area contributed by atoms with E-state index in [1.54, 1.807) is 41.3 Å². The van der Waals surface area contributed by atoms with Crippen LogP contribution in [0.25, 0.3) is 0 Å². The number of nitrogens with zero attached hydrogens (tertiary/aromatic N) is 2. The van der Waals surface area contributed by atoms with Crippen LogP contribution in [-0.2, 0) is 22.7 Å². The van der Waals surface area contributed by atoms with Crippen LogP contribution in [0.2, 0.25) is 10.0 Å². The lowest BCUT2D eigenvalue weighted by molar-refractivity contribution is -0.131. The first kappa shape index (κ1) is 23.2. The highest BCUT2D eigenvalue weighted by Crippen LogP contribution is 2.26. The van der Waals surface area contributed by atoms with Crippen LogP contribution in [0.5, 0.6) is 0 Å². The van der Waals surface area contributed by atoms with Crippen molar-refractivity contribution in [2.75, 3.05) is 5.32 Å². The minimum Gasteiger partial charge on any atom is -0.332 e. The molecule has 0 radical (unpaired) electrons. The van der Waals surface area contributed by atoms with Crippen molar-refractivity contribution in [1.29, 1.82) is 0 Å². The zero-order chi connectivity index (χ0) is 23.4. The van der Waals surface area contributed by atoms with Gasteiger partial charge in [-0.2, -0.15) is 0 Å². The van der Waals surface area contributed by atoms with E-state index in [1.165, 1.54) is 0 Å². The standard InChI is InChI=1S/C25H21Cl2N3O2S/c26-19-8-6-18(7-9-19)15-29-22(14-23(31)28-21-12-10-20(27)11-13-21)24(32)30(25(29)33)16-17-4-2-1-3-5-17/h1-13,22H,14-16H2,(H,28,31)/t22-/m0/s1. The molecular formula is C25H21Cl2N3O2S. The molecule has 168 valence electrons. The minimum atomic E-state index is -0.704. The van der Waals surface area contributed by atoms with E-state index in [1.807, 2.05) is 47.4 Å². The van der Waals surface area contributed by atoms with E-state index in [2.05, 4.69) is 5.32 Å². The Hall–Kier alpha value is -2.93. The topological polar surface area (TPSA) is 52.7 Å². The summed E-state index contributed by atoms with van der Waals surface area (Å²) in [5, 5.41) is 4.44. The molecule has 8 heteroatoms. The van der Waals surface area contributed by atoms with Gasteiger partial charge in [0.25, 0.3) is 5.91 Å². The molecule has 1 fully saturated rings. The average Bonchev–Trinajstić information content (AvgIpc) is 3.02. The Labute approximate surface area is 207 Å². The molecule has 1 aliphatic rings. The van der Waals surface area contributed by atoms with Crippen molar-refractivity contribution in [1.82, 2.24) is 9.80 Å². The van der Waals surface area contributed by atoms with E-state index in [0.717, 1.165) is 11.1 Å². The SMILES string of the molecule is O=C(C[C@H]1C(=O)N(Cc2ccccc2)C(=S)N1Cc1ccc(Cl)cc1)Nc1ccc(Cl)cc1. The lowest BCUT2D eigenvalue weighted by atomic mass is 10.1. The van der Waals surface area contributed by atoms with Crippen molar-refractivity contribution in [2.24, 2.45) is 0 Å². The number of anilines is 1. The molecule has 3 aromatic carbocycles. The summed E-state index contributed by atoms with van der Waals surface area (Å²) in [6, 6.07) is 23.1. The van der Waals surface area contributed by atoms with Gasteiger partial charge in [0.15, 0.2) is 5.11 Å². The molecule has 1 atom stereocenters. The van der Waals surface area contributed by atoms with Gasteiger partial charge in [0.2, 0.25) is 5.91 Å². The predicted molar refractivity (Wildman–Crippen MR) is 135 cm³/mol. The van der Waals surface area contributed by atoms with Gasteiger partial charge in [0, 0.05) is 22.3 Å². The first-order chi connectivity index (χ1) is 15.9. The number of hydrogen-bond acceptors (Lipinski definition) is 3. The van der Waals surface area contributed by atoms with Crippen LogP contribution in [0.1, 0.15) is 17.5 Å². The third kappa shape index (κ3) is 5.71. The monoisotopic (exact) mass is 497 g/mol. The number of carbonyl (C=O) groups is 2. The fraction of sp³-hybridized carbons (Fsp3) is 0.160. The molecule has 0 saturated carbocycles. The molecule has 0 aromatic heterocycles. The molecule has 1 aliphatic heterocycles. The summed E-state index contributed by atoms with van der Waals surface area (Å²) in [6.45, 7) is 0.747. The van der Waals surface area contributed by atoms with Crippen molar-refractivity contribution in [3.05, 3.63) is 100 Å². The van der Waals surface area contributed by atoms with Gasteiger partial charge >= 0.3 is 0 Å². The first-order valence-corrected chi connectivity index (χ1v) is 11.5. The molecule has 33 heavy (non-hydrogen) atoms. The molecule has 0 spiro atoms.